The second-order valence-corrected chi connectivity index (χ2v) is 4.69. The molecule has 1 amide bonds. The zero-order chi connectivity index (χ0) is 14.4. The molecular weight excluding hydrogens is 268 g/mol. The molecule has 1 rings (SSSR count). The number of carboxylic acids is 1. The average molecular weight is 285 g/mol. The van der Waals surface area contributed by atoms with E-state index < -0.39 is 5.97 Å². The van der Waals surface area contributed by atoms with Crippen LogP contribution in [0.5, 0.6) is 0 Å². The molecule has 6 heteroatoms. The molecule has 0 aliphatic heterocycles. The first-order valence-electron chi connectivity index (χ1n) is 6.00. The number of amides is 1. The molecule has 0 aliphatic carbocycles. The van der Waals surface area contributed by atoms with Crippen molar-refractivity contribution in [3.63, 3.8) is 0 Å². The Morgan fingerprint density at radius 1 is 1.47 bits per heavy atom. The normalized spacial score (nSPS) is 11.9. The first-order chi connectivity index (χ1) is 8.97. The lowest BCUT2D eigenvalue weighted by Crippen LogP contribution is -2.22. The smallest absolute Gasteiger partial charge is 0.337 e. The maximum Gasteiger partial charge on any atom is 0.337 e. The van der Waals surface area contributed by atoms with Gasteiger partial charge in [0.05, 0.1) is 11.3 Å². The molecule has 0 saturated heterocycles. The van der Waals surface area contributed by atoms with Crippen molar-refractivity contribution in [2.24, 2.45) is 11.7 Å². The first-order valence-corrected chi connectivity index (χ1v) is 6.38. The van der Waals surface area contributed by atoms with E-state index in [4.69, 9.17) is 22.4 Å². The molecule has 19 heavy (non-hydrogen) atoms. The van der Waals surface area contributed by atoms with Crippen molar-refractivity contribution in [1.29, 1.82) is 0 Å². The number of hydrogen-bond acceptors (Lipinski definition) is 3. The largest absolute Gasteiger partial charge is 0.478 e. The highest BCUT2D eigenvalue weighted by molar-refractivity contribution is 6.31. The zero-order valence-electron chi connectivity index (χ0n) is 10.6. The summed E-state index contributed by atoms with van der Waals surface area (Å²) in [5.41, 5.74) is 5.75. The summed E-state index contributed by atoms with van der Waals surface area (Å²) >= 11 is 5.73. The molecule has 0 spiro atoms. The fourth-order valence-corrected chi connectivity index (χ4v) is 1.83. The van der Waals surface area contributed by atoms with Gasteiger partial charge in [0.25, 0.3) is 0 Å². The number of nitrogens with two attached hydrogens (primary N) is 1. The molecule has 0 heterocycles. The Balaban J connectivity index is 2.82. The van der Waals surface area contributed by atoms with E-state index in [1.807, 2.05) is 6.92 Å². The predicted molar refractivity (Wildman–Crippen MR) is 74.5 cm³/mol. The van der Waals surface area contributed by atoms with Gasteiger partial charge in [0.1, 0.15) is 0 Å². The first kappa shape index (κ1) is 15.5. The van der Waals surface area contributed by atoms with Gasteiger partial charge >= 0.3 is 5.97 Å². The van der Waals surface area contributed by atoms with E-state index >= 15 is 0 Å². The molecule has 5 nitrogen and oxygen atoms in total. The number of carbonyl (C=O) groups excluding carboxylic acids is 1. The van der Waals surface area contributed by atoms with E-state index in [-0.39, 0.29) is 29.5 Å². The Hall–Kier alpha value is -1.59. The number of nitrogens with one attached hydrogen (secondary N) is 1. The lowest BCUT2D eigenvalue weighted by molar-refractivity contribution is -0.117. The van der Waals surface area contributed by atoms with Crippen LogP contribution in [0.25, 0.3) is 0 Å². The van der Waals surface area contributed by atoms with Crippen LogP contribution in [0.2, 0.25) is 5.02 Å². The van der Waals surface area contributed by atoms with Crippen molar-refractivity contribution in [3.05, 3.63) is 28.8 Å². The SMILES string of the molecule is CCC(CN)CC(=O)Nc1ccc(Cl)cc1C(=O)O. The Kier molecular flexibility index (Phi) is 5.79. The van der Waals surface area contributed by atoms with Crippen LogP contribution in [-0.4, -0.2) is 23.5 Å². The van der Waals surface area contributed by atoms with Gasteiger partial charge < -0.3 is 16.2 Å². The molecule has 0 saturated carbocycles. The van der Waals surface area contributed by atoms with Gasteiger partial charge in [0.2, 0.25) is 5.91 Å². The molecule has 104 valence electrons. The summed E-state index contributed by atoms with van der Waals surface area (Å²) in [5.74, 6) is -1.29. The van der Waals surface area contributed by atoms with Crippen LogP contribution in [0.4, 0.5) is 5.69 Å². The predicted octanol–water partition coefficient (Wildman–Crippen LogP) is 2.35. The fourth-order valence-electron chi connectivity index (χ4n) is 1.66. The summed E-state index contributed by atoms with van der Waals surface area (Å²) in [6, 6.07) is 4.32. The van der Waals surface area contributed by atoms with Gasteiger partial charge in [0, 0.05) is 11.4 Å². The van der Waals surface area contributed by atoms with Crippen molar-refractivity contribution in [2.75, 3.05) is 11.9 Å². The van der Waals surface area contributed by atoms with Crippen molar-refractivity contribution in [3.8, 4) is 0 Å². The van der Waals surface area contributed by atoms with Crippen LogP contribution in [0.1, 0.15) is 30.1 Å². The lowest BCUT2D eigenvalue weighted by Gasteiger charge is -2.13. The Morgan fingerprint density at radius 2 is 2.16 bits per heavy atom. The quantitative estimate of drug-likeness (QED) is 0.747. The Bertz CT molecular complexity index is 473. The fraction of sp³-hybridized carbons (Fsp3) is 0.385. The standard InChI is InChI=1S/C13H17ClN2O3/c1-2-8(7-15)5-12(17)16-11-4-3-9(14)6-10(11)13(18)19/h3-4,6,8H,2,5,7,15H2,1H3,(H,16,17)(H,18,19). The Labute approximate surface area is 116 Å². The third kappa shape index (κ3) is 4.54. The van der Waals surface area contributed by atoms with Gasteiger partial charge in [0.15, 0.2) is 0 Å². The topological polar surface area (TPSA) is 92.4 Å². The second kappa shape index (κ2) is 7.11. The van der Waals surface area contributed by atoms with E-state index in [0.717, 1.165) is 6.42 Å². The number of carboxylic acid groups (broad SMARTS) is 1. The van der Waals surface area contributed by atoms with Crippen molar-refractivity contribution in [2.45, 2.75) is 19.8 Å². The van der Waals surface area contributed by atoms with Gasteiger partial charge in [-0.2, -0.15) is 0 Å². The molecule has 1 aromatic carbocycles. The molecule has 1 unspecified atom stereocenters. The van der Waals surface area contributed by atoms with E-state index in [9.17, 15) is 9.59 Å². The summed E-state index contributed by atoms with van der Waals surface area (Å²) < 4.78 is 0. The maximum absolute atomic E-state index is 11.8. The number of halogens is 1. The third-order valence-electron chi connectivity index (χ3n) is 2.87. The third-order valence-corrected chi connectivity index (χ3v) is 3.11. The molecular formula is C13H17ClN2O3. The van der Waals surface area contributed by atoms with Crippen LogP contribution in [-0.2, 0) is 4.79 Å². The molecule has 1 atom stereocenters. The summed E-state index contributed by atoms with van der Waals surface area (Å²) in [7, 11) is 0. The van der Waals surface area contributed by atoms with Gasteiger partial charge in [-0.3, -0.25) is 4.79 Å². The van der Waals surface area contributed by atoms with Crippen LogP contribution in [0.3, 0.4) is 0 Å². The monoisotopic (exact) mass is 284 g/mol. The highest BCUT2D eigenvalue weighted by Crippen LogP contribution is 2.21. The van der Waals surface area contributed by atoms with Crippen LogP contribution in [0.15, 0.2) is 18.2 Å². The molecule has 0 fully saturated rings. The average Bonchev–Trinajstić information content (AvgIpc) is 2.37. The van der Waals surface area contributed by atoms with Crippen molar-refractivity contribution in [1.82, 2.24) is 0 Å². The minimum atomic E-state index is -1.14. The van der Waals surface area contributed by atoms with E-state index in [1.165, 1.54) is 18.2 Å². The van der Waals surface area contributed by atoms with Gasteiger partial charge in [-0.25, -0.2) is 4.79 Å². The summed E-state index contributed by atoms with van der Waals surface area (Å²) in [6.07, 6.45) is 1.07. The van der Waals surface area contributed by atoms with E-state index in [2.05, 4.69) is 5.32 Å². The zero-order valence-corrected chi connectivity index (χ0v) is 11.4. The number of hydrogen-bond donors (Lipinski definition) is 3. The number of benzene rings is 1. The maximum atomic E-state index is 11.8. The second-order valence-electron chi connectivity index (χ2n) is 4.26. The van der Waals surface area contributed by atoms with E-state index in [1.54, 1.807) is 0 Å². The molecule has 1 aromatic rings. The molecule has 0 radical (unpaired) electrons. The highest BCUT2D eigenvalue weighted by Gasteiger charge is 2.15. The summed E-state index contributed by atoms with van der Waals surface area (Å²) in [5, 5.41) is 11.9. The minimum absolute atomic E-state index is 0.0263. The molecule has 4 N–H and O–H groups in total. The van der Waals surface area contributed by atoms with E-state index in [0.29, 0.717) is 11.6 Å². The van der Waals surface area contributed by atoms with Crippen LogP contribution < -0.4 is 11.1 Å². The number of aromatic carboxylic acids is 1. The minimum Gasteiger partial charge on any atom is -0.478 e. The van der Waals surface area contributed by atoms with Gasteiger partial charge in [-0.05, 0) is 30.7 Å². The van der Waals surface area contributed by atoms with Crippen LogP contribution >= 0.6 is 11.6 Å². The van der Waals surface area contributed by atoms with Crippen molar-refractivity contribution >= 4 is 29.2 Å². The Morgan fingerprint density at radius 3 is 2.68 bits per heavy atom. The molecule has 0 bridgehead atoms. The number of carbonyl (C=O) groups is 2. The number of rotatable bonds is 6. The van der Waals surface area contributed by atoms with Crippen molar-refractivity contribution < 1.29 is 14.7 Å². The van der Waals surface area contributed by atoms with Gasteiger partial charge in [-0.1, -0.05) is 24.9 Å². The molecule has 0 aromatic heterocycles. The van der Waals surface area contributed by atoms with Gasteiger partial charge in [-0.15, -0.1) is 0 Å². The molecule has 0 aliphatic rings. The van der Waals surface area contributed by atoms with Crippen LogP contribution in [0, 0.1) is 5.92 Å². The lowest BCUT2D eigenvalue weighted by atomic mass is 10.0. The summed E-state index contributed by atoms with van der Waals surface area (Å²) in [6.45, 7) is 2.38. The highest BCUT2D eigenvalue weighted by atomic mass is 35.5. The number of anilines is 1. The summed E-state index contributed by atoms with van der Waals surface area (Å²) in [4.78, 5) is 22.9.